The summed E-state index contributed by atoms with van der Waals surface area (Å²) in [6, 6.07) is 0. The molecule has 0 fully saturated rings. The third kappa shape index (κ3) is 2.72. The van der Waals surface area contributed by atoms with E-state index in [4.69, 9.17) is 10.5 Å². The normalized spacial score (nSPS) is 10.4. The predicted octanol–water partition coefficient (Wildman–Crippen LogP) is 2.66. The van der Waals surface area contributed by atoms with Crippen molar-refractivity contribution in [3.8, 4) is 0 Å². The summed E-state index contributed by atoms with van der Waals surface area (Å²) in [7, 11) is 0. The van der Waals surface area contributed by atoms with E-state index in [2.05, 4.69) is 18.7 Å². The molecular weight excluding hydrogens is 236 g/mol. The molecule has 17 heavy (non-hydrogen) atoms. The van der Waals surface area contributed by atoms with E-state index >= 15 is 0 Å². The highest BCUT2D eigenvalue weighted by atomic mass is 32.1. The monoisotopic (exact) mass is 256 g/mol. The molecule has 0 bridgehead atoms. The quantitative estimate of drug-likeness (QED) is 0.823. The van der Waals surface area contributed by atoms with E-state index in [-0.39, 0.29) is 5.97 Å². The Morgan fingerprint density at radius 2 is 1.94 bits per heavy atom. The van der Waals surface area contributed by atoms with Crippen molar-refractivity contribution in [2.75, 3.05) is 30.3 Å². The van der Waals surface area contributed by atoms with Gasteiger partial charge in [0.1, 0.15) is 5.00 Å². The molecule has 0 aromatic carbocycles. The fourth-order valence-corrected chi connectivity index (χ4v) is 2.98. The van der Waals surface area contributed by atoms with Crippen molar-refractivity contribution in [1.82, 2.24) is 0 Å². The highest BCUT2D eigenvalue weighted by Gasteiger charge is 2.22. The molecule has 96 valence electrons. The molecule has 1 rings (SSSR count). The fourth-order valence-electron chi connectivity index (χ4n) is 1.79. The van der Waals surface area contributed by atoms with Gasteiger partial charge in [0, 0.05) is 18.7 Å². The second-order valence-electron chi connectivity index (χ2n) is 3.66. The first-order valence-electron chi connectivity index (χ1n) is 5.87. The van der Waals surface area contributed by atoms with Crippen LogP contribution >= 0.6 is 11.3 Å². The first-order valence-corrected chi connectivity index (χ1v) is 6.69. The number of thiophene rings is 1. The number of anilines is 2. The van der Waals surface area contributed by atoms with Gasteiger partial charge in [-0.1, -0.05) is 0 Å². The maximum atomic E-state index is 11.8. The van der Waals surface area contributed by atoms with Crippen LogP contribution in [0.15, 0.2) is 0 Å². The Balaban J connectivity index is 3.13. The van der Waals surface area contributed by atoms with Crippen LogP contribution in [0, 0.1) is 6.92 Å². The summed E-state index contributed by atoms with van der Waals surface area (Å²) in [6.45, 7) is 10.1. The van der Waals surface area contributed by atoms with Crippen LogP contribution in [0.3, 0.4) is 0 Å². The van der Waals surface area contributed by atoms with Crippen LogP contribution in [0.2, 0.25) is 0 Å². The van der Waals surface area contributed by atoms with E-state index < -0.39 is 0 Å². The number of nitrogens with two attached hydrogens (primary N) is 1. The molecule has 0 amide bonds. The summed E-state index contributed by atoms with van der Waals surface area (Å²) in [5.41, 5.74) is 7.36. The second-order valence-corrected chi connectivity index (χ2v) is 4.69. The molecule has 1 heterocycles. The highest BCUT2D eigenvalue weighted by Crippen LogP contribution is 2.37. The molecule has 1 aromatic rings. The molecule has 0 spiro atoms. The lowest BCUT2D eigenvalue weighted by Crippen LogP contribution is -2.21. The topological polar surface area (TPSA) is 55.6 Å². The molecule has 0 aliphatic carbocycles. The average Bonchev–Trinajstić information content (AvgIpc) is 2.57. The molecule has 0 unspecified atom stereocenters. The average molecular weight is 256 g/mol. The summed E-state index contributed by atoms with van der Waals surface area (Å²) >= 11 is 1.46. The molecule has 0 saturated carbocycles. The SMILES string of the molecule is CCOC(=O)c1c(N)sc(N(CC)CC)c1C. The Labute approximate surface area is 106 Å². The van der Waals surface area contributed by atoms with E-state index in [0.717, 1.165) is 23.7 Å². The molecule has 1 aromatic heterocycles. The van der Waals surface area contributed by atoms with Crippen molar-refractivity contribution in [1.29, 1.82) is 0 Å². The minimum absolute atomic E-state index is 0.322. The van der Waals surface area contributed by atoms with Crippen LogP contribution in [0.4, 0.5) is 10.0 Å². The van der Waals surface area contributed by atoms with Gasteiger partial charge < -0.3 is 15.4 Å². The van der Waals surface area contributed by atoms with Crippen molar-refractivity contribution < 1.29 is 9.53 Å². The standard InChI is InChI=1S/C12H20N2O2S/c1-5-14(6-2)11-8(4)9(10(13)17-11)12(15)16-7-3/h5-7,13H2,1-4H3. The van der Waals surface area contributed by atoms with E-state index in [1.165, 1.54) is 11.3 Å². The van der Waals surface area contributed by atoms with Crippen LogP contribution in [0.25, 0.3) is 0 Å². The molecule has 5 heteroatoms. The lowest BCUT2D eigenvalue weighted by atomic mass is 10.2. The minimum Gasteiger partial charge on any atom is -0.462 e. The smallest absolute Gasteiger partial charge is 0.341 e. The summed E-state index contributed by atoms with van der Waals surface area (Å²) < 4.78 is 5.02. The van der Waals surface area contributed by atoms with Gasteiger partial charge in [0.05, 0.1) is 17.2 Å². The van der Waals surface area contributed by atoms with Crippen LogP contribution in [0.5, 0.6) is 0 Å². The molecule has 0 aliphatic rings. The lowest BCUT2D eigenvalue weighted by Gasteiger charge is -2.19. The molecule has 2 N–H and O–H groups in total. The molecule has 0 aliphatic heterocycles. The van der Waals surface area contributed by atoms with Crippen molar-refractivity contribution in [3.05, 3.63) is 11.1 Å². The molecular formula is C12H20N2O2S. The molecule has 0 atom stereocenters. The van der Waals surface area contributed by atoms with Gasteiger partial charge in [-0.2, -0.15) is 0 Å². The molecule has 0 radical (unpaired) electrons. The Kier molecular flexibility index (Phi) is 4.81. The van der Waals surface area contributed by atoms with Crippen LogP contribution < -0.4 is 10.6 Å². The number of nitrogens with zero attached hydrogens (tertiary/aromatic N) is 1. The summed E-state index contributed by atoms with van der Waals surface area (Å²) in [5, 5.41) is 1.61. The van der Waals surface area contributed by atoms with Crippen molar-refractivity contribution in [2.24, 2.45) is 0 Å². The van der Waals surface area contributed by atoms with Gasteiger partial charge in [-0.05, 0) is 27.7 Å². The Morgan fingerprint density at radius 1 is 1.35 bits per heavy atom. The lowest BCUT2D eigenvalue weighted by molar-refractivity contribution is 0.0527. The van der Waals surface area contributed by atoms with Gasteiger partial charge in [-0.15, -0.1) is 11.3 Å². The maximum absolute atomic E-state index is 11.8. The van der Waals surface area contributed by atoms with Crippen molar-refractivity contribution >= 4 is 27.3 Å². The zero-order valence-electron chi connectivity index (χ0n) is 10.9. The number of carbonyl (C=O) groups is 1. The largest absolute Gasteiger partial charge is 0.462 e. The van der Waals surface area contributed by atoms with E-state index in [1.54, 1.807) is 6.92 Å². The van der Waals surface area contributed by atoms with Gasteiger partial charge in [-0.3, -0.25) is 0 Å². The van der Waals surface area contributed by atoms with Crippen LogP contribution in [0.1, 0.15) is 36.7 Å². The van der Waals surface area contributed by atoms with Gasteiger partial charge in [0.15, 0.2) is 0 Å². The number of hydrogen-bond acceptors (Lipinski definition) is 5. The number of hydrogen-bond donors (Lipinski definition) is 1. The minimum atomic E-state index is -0.322. The summed E-state index contributed by atoms with van der Waals surface area (Å²) in [5.74, 6) is -0.322. The van der Waals surface area contributed by atoms with Gasteiger partial charge in [-0.25, -0.2) is 4.79 Å². The maximum Gasteiger partial charge on any atom is 0.341 e. The van der Waals surface area contributed by atoms with Crippen LogP contribution in [-0.4, -0.2) is 25.7 Å². The fraction of sp³-hybridized carbons (Fsp3) is 0.583. The first-order chi connectivity index (χ1) is 8.06. The zero-order chi connectivity index (χ0) is 13.0. The summed E-state index contributed by atoms with van der Waals surface area (Å²) in [4.78, 5) is 14.0. The predicted molar refractivity (Wildman–Crippen MR) is 73.0 cm³/mol. The Bertz CT molecular complexity index is 397. The zero-order valence-corrected chi connectivity index (χ0v) is 11.7. The third-order valence-electron chi connectivity index (χ3n) is 2.68. The second kappa shape index (κ2) is 5.91. The first kappa shape index (κ1) is 13.8. The number of ether oxygens (including phenoxy) is 1. The van der Waals surface area contributed by atoms with Crippen molar-refractivity contribution in [2.45, 2.75) is 27.7 Å². The number of carbonyl (C=O) groups excluding carboxylic acids is 1. The third-order valence-corrected chi connectivity index (χ3v) is 3.86. The number of esters is 1. The van der Waals surface area contributed by atoms with Gasteiger partial charge in [0.25, 0.3) is 0 Å². The Hall–Kier alpha value is -1.23. The molecule has 4 nitrogen and oxygen atoms in total. The van der Waals surface area contributed by atoms with E-state index in [1.807, 2.05) is 6.92 Å². The number of rotatable bonds is 5. The van der Waals surface area contributed by atoms with Gasteiger partial charge >= 0.3 is 5.97 Å². The van der Waals surface area contributed by atoms with E-state index in [0.29, 0.717) is 17.2 Å². The molecule has 0 saturated heterocycles. The van der Waals surface area contributed by atoms with Gasteiger partial charge in [0.2, 0.25) is 0 Å². The Morgan fingerprint density at radius 3 is 2.41 bits per heavy atom. The number of nitrogen functional groups attached to an aromatic ring is 1. The van der Waals surface area contributed by atoms with Crippen molar-refractivity contribution in [3.63, 3.8) is 0 Å². The van der Waals surface area contributed by atoms with Crippen LogP contribution in [-0.2, 0) is 4.74 Å². The highest BCUT2D eigenvalue weighted by molar-refractivity contribution is 7.20. The summed E-state index contributed by atoms with van der Waals surface area (Å²) in [6.07, 6.45) is 0. The van der Waals surface area contributed by atoms with E-state index in [9.17, 15) is 4.79 Å².